The predicted molar refractivity (Wildman–Crippen MR) is 125 cm³/mol. The van der Waals surface area contributed by atoms with Gasteiger partial charge >= 0.3 is 0 Å². The van der Waals surface area contributed by atoms with E-state index in [-0.39, 0.29) is 5.91 Å². The minimum Gasteiger partial charge on any atom is -0.379 e. The summed E-state index contributed by atoms with van der Waals surface area (Å²) in [6.45, 7) is 5.27. The highest BCUT2D eigenvalue weighted by Crippen LogP contribution is 2.12. The molecule has 0 radical (unpaired) electrons. The number of nitrogens with zero attached hydrogens (tertiary/aromatic N) is 2. The number of benzene rings is 2. The SMILES string of the molecule is CN=C(NCc1ccc(Cl)cc1)NCc1cccc(NC(=O)CCN2CCOCC2)c1. The molecule has 0 spiro atoms. The Labute approximate surface area is 188 Å². The highest BCUT2D eigenvalue weighted by atomic mass is 35.5. The summed E-state index contributed by atoms with van der Waals surface area (Å²) in [5.74, 6) is 0.729. The number of ether oxygens (including phenoxy) is 1. The molecule has 0 saturated carbocycles. The Morgan fingerprint density at radius 3 is 2.48 bits per heavy atom. The van der Waals surface area contributed by atoms with Gasteiger partial charge in [0.05, 0.1) is 13.2 Å². The maximum absolute atomic E-state index is 12.3. The van der Waals surface area contributed by atoms with Crippen LogP contribution < -0.4 is 16.0 Å². The lowest BCUT2D eigenvalue weighted by molar-refractivity contribution is -0.116. The molecule has 2 aromatic rings. The van der Waals surface area contributed by atoms with E-state index in [1.54, 1.807) is 7.05 Å². The van der Waals surface area contributed by atoms with Crippen molar-refractivity contribution >= 4 is 29.2 Å². The molecule has 8 heteroatoms. The van der Waals surface area contributed by atoms with Crippen molar-refractivity contribution in [3.8, 4) is 0 Å². The van der Waals surface area contributed by atoms with Gasteiger partial charge in [0, 0.05) is 56.9 Å². The Bertz CT molecular complexity index is 867. The smallest absolute Gasteiger partial charge is 0.225 e. The number of guanidine groups is 1. The lowest BCUT2D eigenvalue weighted by Crippen LogP contribution is -2.38. The third-order valence-electron chi connectivity index (χ3n) is 5.03. The van der Waals surface area contributed by atoms with Gasteiger partial charge in [-0.05, 0) is 35.4 Å². The number of morpholine rings is 1. The third kappa shape index (κ3) is 8.20. The van der Waals surface area contributed by atoms with Crippen LogP contribution in [-0.2, 0) is 22.6 Å². The second-order valence-electron chi connectivity index (χ2n) is 7.36. The summed E-state index contributed by atoms with van der Waals surface area (Å²) in [5, 5.41) is 10.3. The van der Waals surface area contributed by atoms with Crippen molar-refractivity contribution in [3.63, 3.8) is 0 Å². The largest absolute Gasteiger partial charge is 0.379 e. The van der Waals surface area contributed by atoms with Crippen LogP contribution in [0.5, 0.6) is 0 Å². The van der Waals surface area contributed by atoms with Crippen molar-refractivity contribution in [1.29, 1.82) is 0 Å². The fraction of sp³-hybridized carbons (Fsp3) is 0.391. The monoisotopic (exact) mass is 443 g/mol. The van der Waals surface area contributed by atoms with Crippen molar-refractivity contribution in [2.45, 2.75) is 19.5 Å². The van der Waals surface area contributed by atoms with Gasteiger partial charge in [0.25, 0.3) is 0 Å². The first kappa shape index (κ1) is 23.1. The zero-order valence-electron chi connectivity index (χ0n) is 17.9. The van der Waals surface area contributed by atoms with Crippen LogP contribution in [0.25, 0.3) is 0 Å². The van der Waals surface area contributed by atoms with Crippen molar-refractivity contribution in [3.05, 3.63) is 64.7 Å². The van der Waals surface area contributed by atoms with Crippen LogP contribution in [0.3, 0.4) is 0 Å². The molecule has 7 nitrogen and oxygen atoms in total. The Morgan fingerprint density at radius 1 is 1.06 bits per heavy atom. The first-order valence-corrected chi connectivity index (χ1v) is 10.9. The van der Waals surface area contributed by atoms with Gasteiger partial charge in [-0.1, -0.05) is 35.9 Å². The highest BCUT2D eigenvalue weighted by Gasteiger charge is 2.12. The fourth-order valence-electron chi connectivity index (χ4n) is 3.26. The molecule has 2 aromatic carbocycles. The molecule has 31 heavy (non-hydrogen) atoms. The number of carbonyl (C=O) groups is 1. The van der Waals surface area contributed by atoms with Crippen LogP contribution in [0, 0.1) is 0 Å². The van der Waals surface area contributed by atoms with Gasteiger partial charge < -0.3 is 20.7 Å². The van der Waals surface area contributed by atoms with Gasteiger partial charge in [0.15, 0.2) is 5.96 Å². The predicted octanol–water partition coefficient (Wildman–Crippen LogP) is 2.87. The number of amides is 1. The number of aliphatic imine (C=N–C) groups is 1. The van der Waals surface area contributed by atoms with E-state index in [2.05, 4.69) is 25.8 Å². The Kier molecular flexibility index (Phi) is 9.15. The quantitative estimate of drug-likeness (QED) is 0.432. The second-order valence-corrected chi connectivity index (χ2v) is 7.79. The normalized spacial score (nSPS) is 14.8. The number of nitrogens with one attached hydrogen (secondary N) is 3. The molecule has 1 amide bonds. The molecule has 1 fully saturated rings. The molecule has 1 aliphatic heterocycles. The summed E-state index contributed by atoms with van der Waals surface area (Å²) in [6, 6.07) is 15.5. The lowest BCUT2D eigenvalue weighted by Gasteiger charge is -2.26. The first-order chi connectivity index (χ1) is 15.1. The number of rotatable bonds is 8. The molecule has 0 aromatic heterocycles. The van der Waals surface area contributed by atoms with Crippen molar-refractivity contribution in [2.24, 2.45) is 4.99 Å². The molecule has 0 aliphatic carbocycles. The van der Waals surface area contributed by atoms with Gasteiger partial charge in [-0.25, -0.2) is 0 Å². The molecule has 0 bridgehead atoms. The van der Waals surface area contributed by atoms with Crippen molar-refractivity contribution in [2.75, 3.05) is 45.2 Å². The molecular weight excluding hydrogens is 414 g/mol. The van der Waals surface area contributed by atoms with Crippen molar-refractivity contribution < 1.29 is 9.53 Å². The third-order valence-corrected chi connectivity index (χ3v) is 5.28. The van der Waals surface area contributed by atoms with Crippen LogP contribution in [0.1, 0.15) is 17.5 Å². The number of halogens is 1. The maximum atomic E-state index is 12.3. The van der Waals surface area contributed by atoms with Crippen molar-refractivity contribution in [1.82, 2.24) is 15.5 Å². The van der Waals surface area contributed by atoms with E-state index in [1.165, 1.54) is 0 Å². The van der Waals surface area contributed by atoms with Crippen LogP contribution >= 0.6 is 11.6 Å². The van der Waals surface area contributed by atoms with E-state index < -0.39 is 0 Å². The van der Waals surface area contributed by atoms with E-state index >= 15 is 0 Å². The van der Waals surface area contributed by atoms with Gasteiger partial charge in [-0.2, -0.15) is 0 Å². The molecule has 0 unspecified atom stereocenters. The summed E-state index contributed by atoms with van der Waals surface area (Å²) in [6.07, 6.45) is 0.476. The molecular formula is C23H30ClN5O2. The van der Waals surface area contributed by atoms with Crippen LogP contribution in [-0.4, -0.2) is 56.7 Å². The standard InChI is InChI=1S/C23H30ClN5O2/c1-25-23(26-16-18-5-7-20(24)8-6-18)27-17-19-3-2-4-21(15-19)28-22(30)9-10-29-11-13-31-14-12-29/h2-8,15H,9-14,16-17H2,1H3,(H,28,30)(H2,25,26,27). The summed E-state index contributed by atoms with van der Waals surface area (Å²) in [4.78, 5) is 18.8. The number of carbonyl (C=O) groups excluding carboxylic acids is 1. The molecule has 3 rings (SSSR count). The first-order valence-electron chi connectivity index (χ1n) is 10.5. The molecule has 3 N–H and O–H groups in total. The van der Waals surface area contributed by atoms with Crippen LogP contribution in [0.2, 0.25) is 5.02 Å². The van der Waals surface area contributed by atoms with E-state index in [9.17, 15) is 4.79 Å². The van der Waals surface area contributed by atoms with E-state index in [1.807, 2.05) is 48.5 Å². The van der Waals surface area contributed by atoms with E-state index in [0.29, 0.717) is 25.5 Å². The fourth-order valence-corrected chi connectivity index (χ4v) is 3.39. The highest BCUT2D eigenvalue weighted by molar-refractivity contribution is 6.30. The Morgan fingerprint density at radius 2 is 1.77 bits per heavy atom. The lowest BCUT2D eigenvalue weighted by atomic mass is 10.2. The van der Waals surface area contributed by atoms with E-state index in [4.69, 9.17) is 16.3 Å². The number of hydrogen-bond acceptors (Lipinski definition) is 4. The van der Waals surface area contributed by atoms with Gasteiger partial charge in [-0.3, -0.25) is 14.7 Å². The minimum atomic E-state index is 0.0250. The van der Waals surface area contributed by atoms with E-state index in [0.717, 1.165) is 54.7 Å². The van der Waals surface area contributed by atoms with Crippen LogP contribution in [0.4, 0.5) is 5.69 Å². The van der Waals surface area contributed by atoms with Gasteiger partial charge in [0.2, 0.25) is 5.91 Å². The number of anilines is 1. The molecule has 166 valence electrons. The van der Waals surface area contributed by atoms with Gasteiger partial charge in [-0.15, -0.1) is 0 Å². The average Bonchev–Trinajstić information content (AvgIpc) is 2.80. The second kappa shape index (κ2) is 12.3. The molecule has 1 saturated heterocycles. The Balaban J connectivity index is 1.43. The zero-order valence-corrected chi connectivity index (χ0v) is 18.6. The van der Waals surface area contributed by atoms with Crippen LogP contribution in [0.15, 0.2) is 53.5 Å². The maximum Gasteiger partial charge on any atom is 0.225 e. The summed E-state index contributed by atoms with van der Waals surface area (Å²) in [5.41, 5.74) is 2.98. The molecule has 0 atom stereocenters. The summed E-state index contributed by atoms with van der Waals surface area (Å²) >= 11 is 5.93. The van der Waals surface area contributed by atoms with Gasteiger partial charge in [0.1, 0.15) is 0 Å². The summed E-state index contributed by atoms with van der Waals surface area (Å²) in [7, 11) is 1.74. The zero-order chi connectivity index (χ0) is 21.9. The summed E-state index contributed by atoms with van der Waals surface area (Å²) < 4.78 is 5.34. The minimum absolute atomic E-state index is 0.0250. The molecule has 1 heterocycles. The Hall–Kier alpha value is -2.61. The number of hydrogen-bond donors (Lipinski definition) is 3. The molecule has 1 aliphatic rings. The topological polar surface area (TPSA) is 78.0 Å². The average molecular weight is 444 g/mol.